The van der Waals surface area contributed by atoms with Crippen molar-refractivity contribution in [3.63, 3.8) is 0 Å². The van der Waals surface area contributed by atoms with Crippen molar-refractivity contribution >= 4 is 22.6 Å². The van der Waals surface area contributed by atoms with Crippen LogP contribution < -0.4 is 5.32 Å². The van der Waals surface area contributed by atoms with Crippen molar-refractivity contribution in [3.05, 3.63) is 96.8 Å². The van der Waals surface area contributed by atoms with Crippen LogP contribution in [0.25, 0.3) is 28.1 Å². The topological polar surface area (TPSA) is 64.7 Å². The van der Waals surface area contributed by atoms with Crippen molar-refractivity contribution in [2.75, 3.05) is 5.32 Å². The number of hydrogen-bond donors (Lipinski definition) is 1. The zero-order valence-corrected chi connectivity index (χ0v) is 16.4. The van der Waals surface area contributed by atoms with E-state index in [0.717, 1.165) is 33.8 Å². The molecule has 30 heavy (non-hydrogen) atoms. The van der Waals surface area contributed by atoms with Gasteiger partial charge in [-0.15, -0.1) is 0 Å². The molecule has 5 rings (SSSR count). The molecule has 0 saturated heterocycles. The number of amides is 1. The van der Waals surface area contributed by atoms with E-state index in [4.69, 9.17) is 4.98 Å². The summed E-state index contributed by atoms with van der Waals surface area (Å²) in [7, 11) is 2.01. The third kappa shape index (κ3) is 3.24. The quantitative estimate of drug-likeness (QED) is 0.482. The summed E-state index contributed by atoms with van der Waals surface area (Å²) < 4.78 is 3.82. The molecule has 0 atom stereocenters. The number of hydrogen-bond acceptors (Lipinski definition) is 3. The lowest BCUT2D eigenvalue weighted by Gasteiger charge is -2.08. The number of imidazole rings is 1. The van der Waals surface area contributed by atoms with Crippen LogP contribution >= 0.6 is 0 Å². The smallest absolute Gasteiger partial charge is 0.255 e. The van der Waals surface area contributed by atoms with Gasteiger partial charge in [0.1, 0.15) is 5.82 Å². The third-order valence-electron chi connectivity index (χ3n) is 5.09. The van der Waals surface area contributed by atoms with Crippen LogP contribution in [0.3, 0.4) is 0 Å². The molecule has 0 aliphatic heterocycles. The Kier molecular flexibility index (Phi) is 4.37. The Labute approximate surface area is 173 Å². The second-order valence-corrected chi connectivity index (χ2v) is 7.01. The lowest BCUT2D eigenvalue weighted by atomic mass is 10.1. The molecule has 1 N–H and O–H groups in total. The van der Waals surface area contributed by atoms with Crippen LogP contribution in [0.15, 0.2) is 91.3 Å². The van der Waals surface area contributed by atoms with Crippen molar-refractivity contribution in [2.24, 2.45) is 7.05 Å². The molecular weight excluding hydrogens is 374 g/mol. The SMILES string of the molecule is Cn1c(-c2ccc(NC(=O)c3ccc(-n4cccn4)cc3)cc2)nc2ccccc21. The monoisotopic (exact) mass is 393 g/mol. The Morgan fingerprint density at radius 3 is 2.37 bits per heavy atom. The second-order valence-electron chi connectivity index (χ2n) is 7.01. The minimum atomic E-state index is -0.155. The number of anilines is 1. The van der Waals surface area contributed by atoms with Crippen molar-refractivity contribution in [1.82, 2.24) is 19.3 Å². The number of benzene rings is 3. The van der Waals surface area contributed by atoms with Gasteiger partial charge < -0.3 is 9.88 Å². The summed E-state index contributed by atoms with van der Waals surface area (Å²) in [5.74, 6) is 0.737. The van der Waals surface area contributed by atoms with Crippen molar-refractivity contribution < 1.29 is 4.79 Å². The Balaban J connectivity index is 1.33. The van der Waals surface area contributed by atoms with Gasteiger partial charge in [-0.05, 0) is 66.7 Å². The molecule has 0 fully saturated rings. The lowest BCUT2D eigenvalue weighted by molar-refractivity contribution is 0.102. The van der Waals surface area contributed by atoms with Gasteiger partial charge in [0.2, 0.25) is 0 Å². The van der Waals surface area contributed by atoms with Crippen molar-refractivity contribution in [3.8, 4) is 17.1 Å². The lowest BCUT2D eigenvalue weighted by Crippen LogP contribution is -2.12. The summed E-state index contributed by atoms with van der Waals surface area (Å²) in [6, 6.07) is 25.0. The predicted octanol–water partition coefficient (Wildman–Crippen LogP) is 4.68. The number of nitrogens with zero attached hydrogens (tertiary/aromatic N) is 4. The maximum absolute atomic E-state index is 12.6. The van der Waals surface area contributed by atoms with Gasteiger partial charge in [0.25, 0.3) is 5.91 Å². The molecule has 6 heteroatoms. The largest absolute Gasteiger partial charge is 0.327 e. The fourth-order valence-corrected chi connectivity index (χ4v) is 3.50. The zero-order chi connectivity index (χ0) is 20.5. The van der Waals surface area contributed by atoms with Gasteiger partial charge in [-0.2, -0.15) is 5.10 Å². The number of aromatic nitrogens is 4. The number of fused-ring (bicyclic) bond motifs is 1. The van der Waals surface area contributed by atoms with E-state index in [-0.39, 0.29) is 5.91 Å². The van der Waals surface area contributed by atoms with Gasteiger partial charge in [0, 0.05) is 36.3 Å². The highest BCUT2D eigenvalue weighted by Gasteiger charge is 2.10. The molecule has 6 nitrogen and oxygen atoms in total. The van der Waals surface area contributed by atoms with Crippen LogP contribution in [-0.2, 0) is 7.05 Å². The molecule has 0 bridgehead atoms. The summed E-state index contributed by atoms with van der Waals surface area (Å²) >= 11 is 0. The van der Waals surface area contributed by atoms with E-state index in [2.05, 4.69) is 21.0 Å². The van der Waals surface area contributed by atoms with Gasteiger partial charge >= 0.3 is 0 Å². The first kappa shape index (κ1) is 17.9. The van der Waals surface area contributed by atoms with E-state index in [9.17, 15) is 4.79 Å². The van der Waals surface area contributed by atoms with Crippen molar-refractivity contribution in [2.45, 2.75) is 0 Å². The maximum atomic E-state index is 12.6. The fourth-order valence-electron chi connectivity index (χ4n) is 3.50. The summed E-state index contributed by atoms with van der Waals surface area (Å²) in [6.45, 7) is 0. The number of aryl methyl sites for hydroxylation is 1. The van der Waals surface area contributed by atoms with Gasteiger partial charge in [0.15, 0.2) is 0 Å². The Morgan fingerprint density at radius 1 is 0.900 bits per heavy atom. The molecule has 0 aliphatic rings. The summed E-state index contributed by atoms with van der Waals surface area (Å²) in [5, 5.41) is 7.13. The first-order chi connectivity index (χ1) is 14.7. The first-order valence-electron chi connectivity index (χ1n) is 9.62. The van der Waals surface area contributed by atoms with Gasteiger partial charge in [-0.3, -0.25) is 4.79 Å². The Hall–Kier alpha value is -4.19. The van der Waals surface area contributed by atoms with Gasteiger partial charge in [-0.1, -0.05) is 12.1 Å². The summed E-state index contributed by atoms with van der Waals surface area (Å²) in [4.78, 5) is 17.3. The number of para-hydroxylation sites is 2. The van der Waals surface area contributed by atoms with Crippen LogP contribution in [0, 0.1) is 0 Å². The molecule has 0 saturated carbocycles. The normalized spacial score (nSPS) is 11.0. The van der Waals surface area contributed by atoms with Crippen LogP contribution in [-0.4, -0.2) is 25.2 Å². The molecule has 146 valence electrons. The van der Waals surface area contributed by atoms with Gasteiger partial charge in [-0.25, -0.2) is 9.67 Å². The number of carbonyl (C=O) groups excluding carboxylic acids is 1. The molecule has 2 heterocycles. The Bertz CT molecular complexity index is 1320. The van der Waals surface area contributed by atoms with E-state index >= 15 is 0 Å². The molecule has 3 aromatic carbocycles. The van der Waals surface area contributed by atoms with Crippen LogP contribution in [0.1, 0.15) is 10.4 Å². The molecule has 0 unspecified atom stereocenters. The van der Waals surface area contributed by atoms with E-state index in [1.54, 1.807) is 23.0 Å². The molecule has 0 radical (unpaired) electrons. The molecule has 1 amide bonds. The molecular formula is C24H19N5O. The van der Waals surface area contributed by atoms with Crippen molar-refractivity contribution in [1.29, 1.82) is 0 Å². The third-order valence-corrected chi connectivity index (χ3v) is 5.09. The van der Waals surface area contributed by atoms with E-state index in [1.807, 2.05) is 73.9 Å². The second kappa shape index (κ2) is 7.33. The Morgan fingerprint density at radius 2 is 1.67 bits per heavy atom. The van der Waals surface area contributed by atoms with E-state index in [1.165, 1.54) is 0 Å². The fraction of sp³-hybridized carbons (Fsp3) is 0.0417. The highest BCUT2D eigenvalue weighted by molar-refractivity contribution is 6.04. The highest BCUT2D eigenvalue weighted by atomic mass is 16.1. The number of nitrogens with one attached hydrogen (secondary N) is 1. The summed E-state index contributed by atoms with van der Waals surface area (Å²) in [5.41, 5.74) is 5.28. The first-order valence-corrected chi connectivity index (χ1v) is 9.62. The molecule has 5 aromatic rings. The minimum Gasteiger partial charge on any atom is -0.327 e. The standard InChI is InChI=1S/C24H19N5O/c1-28-22-6-3-2-5-21(22)27-23(28)17-7-11-19(12-8-17)26-24(30)18-9-13-20(14-10-18)29-16-4-15-25-29/h2-16H,1H3,(H,26,30). The zero-order valence-electron chi connectivity index (χ0n) is 16.4. The maximum Gasteiger partial charge on any atom is 0.255 e. The number of carbonyl (C=O) groups is 1. The molecule has 0 spiro atoms. The molecule has 2 aromatic heterocycles. The average molecular weight is 393 g/mol. The van der Waals surface area contributed by atoms with E-state index in [0.29, 0.717) is 5.56 Å². The van der Waals surface area contributed by atoms with Crippen LogP contribution in [0.4, 0.5) is 5.69 Å². The predicted molar refractivity (Wildman–Crippen MR) is 118 cm³/mol. The highest BCUT2D eigenvalue weighted by Crippen LogP contribution is 2.25. The van der Waals surface area contributed by atoms with Crippen LogP contribution in [0.2, 0.25) is 0 Å². The van der Waals surface area contributed by atoms with Crippen LogP contribution in [0.5, 0.6) is 0 Å². The summed E-state index contributed by atoms with van der Waals surface area (Å²) in [6.07, 6.45) is 3.58. The van der Waals surface area contributed by atoms with Gasteiger partial charge in [0.05, 0.1) is 16.7 Å². The number of rotatable bonds is 4. The molecule has 0 aliphatic carbocycles. The minimum absolute atomic E-state index is 0.155. The van der Waals surface area contributed by atoms with E-state index < -0.39 is 0 Å². The average Bonchev–Trinajstić information content (AvgIpc) is 3.43.